The lowest BCUT2D eigenvalue weighted by atomic mass is 9.85. The minimum absolute atomic E-state index is 0.0460. The summed E-state index contributed by atoms with van der Waals surface area (Å²) in [4.78, 5) is 30.3. The van der Waals surface area contributed by atoms with Gasteiger partial charge in [0.15, 0.2) is 6.10 Å². The Balaban J connectivity index is 1.37. The van der Waals surface area contributed by atoms with Gasteiger partial charge in [0, 0.05) is 48.4 Å². The Morgan fingerprint density at radius 3 is 2.63 bits per heavy atom. The molecule has 0 bridgehead atoms. The smallest absolute Gasteiger partial charge is 0.408 e. The van der Waals surface area contributed by atoms with Crippen molar-refractivity contribution in [2.24, 2.45) is 5.92 Å². The summed E-state index contributed by atoms with van der Waals surface area (Å²) in [5.74, 6) is 2.03. The fourth-order valence-electron chi connectivity index (χ4n) is 5.79. The fraction of sp³-hybridized carbons (Fsp3) is 0.704. The summed E-state index contributed by atoms with van der Waals surface area (Å²) in [6.45, 7) is 8.22. The van der Waals surface area contributed by atoms with Gasteiger partial charge in [0.05, 0.1) is 0 Å². The molecule has 2 amide bonds. The van der Waals surface area contributed by atoms with Crippen molar-refractivity contribution in [3.8, 4) is 0 Å². The van der Waals surface area contributed by atoms with Gasteiger partial charge in [-0.05, 0) is 63.3 Å². The molecule has 2 atom stereocenters. The number of ether oxygens (including phenoxy) is 1. The Hall–Kier alpha value is -1.96. The van der Waals surface area contributed by atoms with E-state index in [-0.39, 0.29) is 23.3 Å². The van der Waals surface area contributed by atoms with Crippen LogP contribution in [0.3, 0.4) is 0 Å². The molecular weight excluding hydrogens is 465 g/mol. The molecule has 3 aliphatic rings. The molecule has 4 rings (SSSR count). The van der Waals surface area contributed by atoms with E-state index >= 15 is 0 Å². The van der Waals surface area contributed by atoms with Crippen LogP contribution in [0, 0.1) is 11.7 Å². The first-order valence-corrected chi connectivity index (χ1v) is 14.3. The molecule has 2 heterocycles. The number of thioether (sulfide) groups is 1. The normalized spacial score (nSPS) is 21.8. The van der Waals surface area contributed by atoms with Gasteiger partial charge >= 0.3 is 6.09 Å². The molecule has 0 radical (unpaired) electrons. The van der Waals surface area contributed by atoms with Gasteiger partial charge in [-0.3, -0.25) is 4.79 Å². The SMILES string of the molecule is CC(CN1c2ccc(F)cc2CC1(C)C)NC(=O)OC(CC1CCCCC1)C(=O)N1CCSCC1. The second kappa shape index (κ2) is 11.4. The van der Waals surface area contributed by atoms with Crippen LogP contribution in [0.1, 0.15) is 64.9 Å². The first-order valence-electron chi connectivity index (χ1n) is 13.1. The Morgan fingerprint density at radius 2 is 1.91 bits per heavy atom. The van der Waals surface area contributed by atoms with Crippen LogP contribution < -0.4 is 10.2 Å². The number of rotatable bonds is 7. The van der Waals surface area contributed by atoms with Crippen molar-refractivity contribution in [2.45, 2.75) is 83.4 Å². The number of carbonyl (C=O) groups is 2. The van der Waals surface area contributed by atoms with Crippen molar-refractivity contribution in [3.63, 3.8) is 0 Å². The Morgan fingerprint density at radius 1 is 1.20 bits per heavy atom. The van der Waals surface area contributed by atoms with E-state index in [1.54, 1.807) is 6.07 Å². The molecule has 35 heavy (non-hydrogen) atoms. The number of fused-ring (bicyclic) bond motifs is 1. The number of hydrogen-bond donors (Lipinski definition) is 1. The predicted molar refractivity (Wildman–Crippen MR) is 139 cm³/mol. The summed E-state index contributed by atoms with van der Waals surface area (Å²) in [7, 11) is 0. The molecule has 8 heteroatoms. The third-order valence-electron chi connectivity index (χ3n) is 7.63. The van der Waals surface area contributed by atoms with E-state index < -0.39 is 12.2 Å². The number of carbonyl (C=O) groups excluding carboxylic acids is 2. The summed E-state index contributed by atoms with van der Waals surface area (Å²) in [5.41, 5.74) is 1.82. The molecule has 1 aromatic carbocycles. The van der Waals surface area contributed by atoms with E-state index in [4.69, 9.17) is 4.74 Å². The third-order valence-corrected chi connectivity index (χ3v) is 8.57. The number of hydrogen-bond acceptors (Lipinski definition) is 5. The summed E-state index contributed by atoms with van der Waals surface area (Å²) >= 11 is 1.86. The van der Waals surface area contributed by atoms with Gasteiger partial charge in [0.2, 0.25) is 0 Å². The second-order valence-electron chi connectivity index (χ2n) is 11.0. The van der Waals surface area contributed by atoms with Crippen molar-refractivity contribution >= 4 is 29.4 Å². The quantitative estimate of drug-likeness (QED) is 0.565. The van der Waals surface area contributed by atoms with Gasteiger partial charge in [-0.2, -0.15) is 11.8 Å². The van der Waals surface area contributed by atoms with E-state index in [2.05, 4.69) is 24.1 Å². The van der Waals surface area contributed by atoms with E-state index in [0.29, 0.717) is 18.9 Å². The third kappa shape index (κ3) is 6.63. The summed E-state index contributed by atoms with van der Waals surface area (Å²) < 4.78 is 19.6. The van der Waals surface area contributed by atoms with Gasteiger partial charge in [0.1, 0.15) is 5.82 Å². The average Bonchev–Trinajstić information content (AvgIpc) is 3.07. The first kappa shape index (κ1) is 26.1. The van der Waals surface area contributed by atoms with Crippen molar-refractivity contribution < 1.29 is 18.7 Å². The molecule has 0 spiro atoms. The number of nitrogens with zero attached hydrogens (tertiary/aromatic N) is 2. The van der Waals surface area contributed by atoms with Crippen molar-refractivity contribution in [3.05, 3.63) is 29.6 Å². The maximum absolute atomic E-state index is 13.7. The zero-order valence-electron chi connectivity index (χ0n) is 21.4. The molecule has 2 unspecified atom stereocenters. The van der Waals surface area contributed by atoms with E-state index in [1.165, 1.54) is 25.3 Å². The zero-order valence-corrected chi connectivity index (χ0v) is 22.2. The number of amides is 2. The number of nitrogens with one attached hydrogen (secondary N) is 1. The van der Waals surface area contributed by atoms with Gasteiger partial charge in [-0.1, -0.05) is 32.1 Å². The molecule has 6 nitrogen and oxygen atoms in total. The van der Waals surface area contributed by atoms with Crippen LogP contribution >= 0.6 is 11.8 Å². The molecular formula is C27H40FN3O3S. The lowest BCUT2D eigenvalue weighted by Crippen LogP contribution is -2.51. The van der Waals surface area contributed by atoms with Crippen LogP contribution in [0.25, 0.3) is 0 Å². The average molecular weight is 506 g/mol. The monoisotopic (exact) mass is 505 g/mol. The summed E-state index contributed by atoms with van der Waals surface area (Å²) in [5, 5.41) is 2.96. The lowest BCUT2D eigenvalue weighted by molar-refractivity contribution is -0.141. The standard InChI is InChI=1S/C27H40FN3O3S/c1-19(18-31-23-10-9-22(28)16-21(23)17-27(31,2)3)29-26(33)34-24(15-20-7-5-4-6-8-20)25(32)30-11-13-35-14-12-30/h9-10,16,19-20,24H,4-8,11-15,17-18H2,1-3H3,(H,29,33). The molecule has 1 aliphatic carbocycles. The van der Waals surface area contributed by atoms with Crippen LogP contribution in [0.15, 0.2) is 18.2 Å². The molecule has 2 aliphatic heterocycles. The fourth-order valence-corrected chi connectivity index (χ4v) is 6.69. The summed E-state index contributed by atoms with van der Waals surface area (Å²) in [6.07, 6.45) is 5.94. The van der Waals surface area contributed by atoms with Gasteiger partial charge < -0.3 is 19.9 Å². The van der Waals surface area contributed by atoms with Gasteiger partial charge in [-0.25, -0.2) is 9.18 Å². The topological polar surface area (TPSA) is 61.9 Å². The number of benzene rings is 1. The van der Waals surface area contributed by atoms with Crippen LogP contribution in [-0.2, 0) is 16.0 Å². The minimum Gasteiger partial charge on any atom is -0.436 e. The van der Waals surface area contributed by atoms with Crippen LogP contribution in [-0.4, -0.2) is 65.7 Å². The molecule has 1 saturated carbocycles. The molecule has 194 valence electrons. The van der Waals surface area contributed by atoms with Gasteiger partial charge in [-0.15, -0.1) is 0 Å². The molecule has 0 aromatic heterocycles. The molecule has 1 aromatic rings. The highest BCUT2D eigenvalue weighted by Gasteiger charge is 2.37. The highest BCUT2D eigenvalue weighted by atomic mass is 32.2. The Labute approximate surface area is 213 Å². The van der Waals surface area contributed by atoms with Crippen LogP contribution in [0.5, 0.6) is 0 Å². The Bertz CT molecular complexity index is 900. The number of anilines is 1. The maximum atomic E-state index is 13.7. The minimum atomic E-state index is -0.722. The van der Waals surface area contributed by atoms with Crippen molar-refractivity contribution in [1.29, 1.82) is 0 Å². The van der Waals surface area contributed by atoms with E-state index in [9.17, 15) is 14.0 Å². The largest absolute Gasteiger partial charge is 0.436 e. The summed E-state index contributed by atoms with van der Waals surface area (Å²) in [6, 6.07) is 4.71. The van der Waals surface area contributed by atoms with Crippen molar-refractivity contribution in [1.82, 2.24) is 10.2 Å². The molecule has 2 fully saturated rings. The van der Waals surface area contributed by atoms with Gasteiger partial charge in [0.25, 0.3) is 5.91 Å². The second-order valence-corrected chi connectivity index (χ2v) is 12.2. The van der Waals surface area contributed by atoms with E-state index in [0.717, 1.165) is 55.1 Å². The van der Waals surface area contributed by atoms with Crippen molar-refractivity contribution in [2.75, 3.05) is 36.0 Å². The lowest BCUT2D eigenvalue weighted by Gasteiger charge is -2.36. The highest BCUT2D eigenvalue weighted by molar-refractivity contribution is 7.99. The zero-order chi connectivity index (χ0) is 25.0. The number of halogens is 1. The highest BCUT2D eigenvalue weighted by Crippen LogP contribution is 2.39. The molecule has 1 N–H and O–H groups in total. The van der Waals surface area contributed by atoms with Crippen LogP contribution in [0.4, 0.5) is 14.9 Å². The van der Waals surface area contributed by atoms with E-state index in [1.807, 2.05) is 29.7 Å². The number of alkyl carbamates (subject to hydrolysis) is 1. The molecule has 1 saturated heterocycles. The Kier molecular flexibility index (Phi) is 8.50. The maximum Gasteiger partial charge on any atom is 0.408 e. The first-order chi connectivity index (χ1) is 16.7. The predicted octanol–water partition coefficient (Wildman–Crippen LogP) is 5.00. The van der Waals surface area contributed by atoms with Crippen LogP contribution in [0.2, 0.25) is 0 Å².